The minimum Gasteiger partial charge on any atom is -0.313 e. The molecule has 0 saturated heterocycles. The predicted octanol–water partition coefficient (Wildman–Crippen LogP) is 4.73. The highest BCUT2D eigenvalue weighted by Crippen LogP contribution is 2.38. The maximum absolute atomic E-state index is 6.30. The maximum Gasteiger partial charge on any atom is 0.0545 e. The third-order valence-corrected chi connectivity index (χ3v) is 3.92. The summed E-state index contributed by atoms with van der Waals surface area (Å²) in [6.07, 6.45) is 1.16. The normalized spacial score (nSPS) is 11.8. The molecule has 17 heavy (non-hydrogen) atoms. The van der Waals surface area contributed by atoms with Gasteiger partial charge >= 0.3 is 0 Å². The Morgan fingerprint density at radius 1 is 1.29 bits per heavy atom. The molecular formula is C14H22ClNS. The smallest absolute Gasteiger partial charge is 0.0545 e. The van der Waals surface area contributed by atoms with Crippen molar-refractivity contribution in [1.29, 1.82) is 0 Å². The number of hydrogen-bond donors (Lipinski definition) is 1. The first kappa shape index (κ1) is 14.9. The molecule has 1 N–H and O–H groups in total. The zero-order chi connectivity index (χ0) is 12.9. The summed E-state index contributed by atoms with van der Waals surface area (Å²) < 4.78 is 0.185. The van der Waals surface area contributed by atoms with Crippen LogP contribution in [0.3, 0.4) is 0 Å². The van der Waals surface area contributed by atoms with Crippen LogP contribution in [0.4, 0.5) is 0 Å². The van der Waals surface area contributed by atoms with Gasteiger partial charge in [-0.2, -0.15) is 0 Å². The van der Waals surface area contributed by atoms with Crippen molar-refractivity contribution in [1.82, 2.24) is 5.32 Å². The molecule has 0 aliphatic rings. The molecule has 1 aromatic rings. The molecule has 0 atom stereocenters. The van der Waals surface area contributed by atoms with Gasteiger partial charge in [-0.1, -0.05) is 51.4 Å². The van der Waals surface area contributed by atoms with Crippen molar-refractivity contribution >= 4 is 23.4 Å². The first-order valence-corrected chi connectivity index (χ1v) is 7.30. The van der Waals surface area contributed by atoms with Crippen LogP contribution in [0.1, 0.15) is 39.7 Å². The summed E-state index contributed by atoms with van der Waals surface area (Å²) >= 11 is 8.14. The van der Waals surface area contributed by atoms with Crippen molar-refractivity contribution in [2.24, 2.45) is 0 Å². The summed E-state index contributed by atoms with van der Waals surface area (Å²) in [7, 11) is 0. The van der Waals surface area contributed by atoms with Crippen LogP contribution in [-0.2, 0) is 6.54 Å². The average Bonchev–Trinajstić information content (AvgIpc) is 2.21. The number of halogens is 1. The fourth-order valence-electron chi connectivity index (χ4n) is 1.51. The second kappa shape index (κ2) is 6.67. The predicted molar refractivity (Wildman–Crippen MR) is 79.1 cm³/mol. The molecule has 0 aliphatic heterocycles. The van der Waals surface area contributed by atoms with E-state index in [-0.39, 0.29) is 4.75 Å². The summed E-state index contributed by atoms with van der Waals surface area (Å²) in [4.78, 5) is 1.21. The van der Waals surface area contributed by atoms with E-state index >= 15 is 0 Å². The standard InChI is InChI=1S/C14H22ClNS/c1-5-9-16-10-11-7-6-8-12(15)13(11)17-14(2,3)4/h6-8,16H,5,9-10H2,1-4H3. The van der Waals surface area contributed by atoms with Crippen molar-refractivity contribution in [3.05, 3.63) is 28.8 Å². The lowest BCUT2D eigenvalue weighted by Gasteiger charge is -2.21. The molecule has 0 amide bonds. The molecule has 1 nitrogen and oxygen atoms in total. The molecule has 0 saturated carbocycles. The molecule has 0 bridgehead atoms. The summed E-state index contributed by atoms with van der Waals surface area (Å²) in [6.45, 7) is 10.8. The van der Waals surface area contributed by atoms with Crippen molar-refractivity contribution in [2.45, 2.75) is 50.3 Å². The molecule has 0 fully saturated rings. The Morgan fingerprint density at radius 3 is 2.59 bits per heavy atom. The van der Waals surface area contributed by atoms with Gasteiger partial charge in [0.25, 0.3) is 0 Å². The fourth-order valence-corrected chi connectivity index (χ4v) is 2.87. The molecule has 0 aromatic heterocycles. The van der Waals surface area contributed by atoms with E-state index in [1.807, 2.05) is 23.9 Å². The Labute approximate surface area is 114 Å². The van der Waals surface area contributed by atoms with Gasteiger partial charge in [0.2, 0.25) is 0 Å². The van der Waals surface area contributed by atoms with E-state index in [9.17, 15) is 0 Å². The van der Waals surface area contributed by atoms with Gasteiger partial charge in [0.1, 0.15) is 0 Å². The minimum absolute atomic E-state index is 0.185. The van der Waals surface area contributed by atoms with Crippen LogP contribution in [0.2, 0.25) is 5.02 Å². The summed E-state index contributed by atoms with van der Waals surface area (Å²) in [6, 6.07) is 6.15. The van der Waals surface area contributed by atoms with Gasteiger partial charge in [-0.3, -0.25) is 0 Å². The first-order valence-electron chi connectivity index (χ1n) is 6.11. The lowest BCUT2D eigenvalue weighted by atomic mass is 10.2. The lowest BCUT2D eigenvalue weighted by molar-refractivity contribution is 0.668. The zero-order valence-corrected chi connectivity index (χ0v) is 12.7. The summed E-state index contributed by atoms with van der Waals surface area (Å²) in [5, 5.41) is 4.29. The van der Waals surface area contributed by atoms with Crippen LogP contribution < -0.4 is 5.32 Å². The average molecular weight is 272 g/mol. The number of benzene rings is 1. The Morgan fingerprint density at radius 2 is 2.00 bits per heavy atom. The molecule has 1 rings (SSSR count). The van der Waals surface area contributed by atoms with Crippen molar-refractivity contribution in [3.63, 3.8) is 0 Å². The monoisotopic (exact) mass is 271 g/mol. The quantitative estimate of drug-likeness (QED) is 0.614. The number of nitrogens with one attached hydrogen (secondary N) is 1. The third kappa shape index (κ3) is 5.33. The molecular weight excluding hydrogens is 250 g/mol. The molecule has 0 aliphatic carbocycles. The highest BCUT2D eigenvalue weighted by Gasteiger charge is 2.17. The summed E-state index contributed by atoms with van der Waals surface area (Å²) in [5.74, 6) is 0. The second-order valence-electron chi connectivity index (χ2n) is 5.12. The van der Waals surface area contributed by atoms with E-state index in [2.05, 4.69) is 39.1 Å². The Balaban J connectivity index is 2.84. The summed E-state index contributed by atoms with van der Waals surface area (Å²) in [5.41, 5.74) is 1.30. The van der Waals surface area contributed by atoms with Crippen molar-refractivity contribution in [3.8, 4) is 0 Å². The van der Waals surface area contributed by atoms with Crippen LogP contribution in [0.5, 0.6) is 0 Å². The zero-order valence-electron chi connectivity index (χ0n) is 11.1. The molecule has 1 aromatic carbocycles. The topological polar surface area (TPSA) is 12.0 Å². The number of rotatable bonds is 5. The number of hydrogen-bond acceptors (Lipinski definition) is 2. The third-order valence-electron chi connectivity index (χ3n) is 2.20. The van der Waals surface area contributed by atoms with Gasteiger partial charge in [-0.05, 0) is 24.6 Å². The van der Waals surface area contributed by atoms with Crippen LogP contribution in [-0.4, -0.2) is 11.3 Å². The van der Waals surface area contributed by atoms with Crippen LogP contribution in [0.25, 0.3) is 0 Å². The molecule has 0 radical (unpaired) electrons. The lowest BCUT2D eigenvalue weighted by Crippen LogP contribution is -2.15. The largest absolute Gasteiger partial charge is 0.313 e. The second-order valence-corrected chi connectivity index (χ2v) is 7.36. The van der Waals surface area contributed by atoms with Gasteiger partial charge in [-0.25, -0.2) is 0 Å². The van der Waals surface area contributed by atoms with E-state index in [0.29, 0.717) is 0 Å². The van der Waals surface area contributed by atoms with E-state index in [0.717, 1.165) is 24.5 Å². The van der Waals surface area contributed by atoms with Crippen molar-refractivity contribution < 1.29 is 0 Å². The van der Waals surface area contributed by atoms with Gasteiger partial charge < -0.3 is 5.32 Å². The maximum atomic E-state index is 6.30. The van der Waals surface area contributed by atoms with Crippen LogP contribution in [0.15, 0.2) is 23.1 Å². The molecule has 96 valence electrons. The Bertz CT molecular complexity index is 358. The van der Waals surface area contributed by atoms with Gasteiger partial charge in [0.15, 0.2) is 0 Å². The van der Waals surface area contributed by atoms with E-state index in [1.165, 1.54) is 10.5 Å². The molecule has 0 unspecified atom stereocenters. The van der Waals surface area contributed by atoms with Gasteiger partial charge in [-0.15, -0.1) is 11.8 Å². The fraction of sp³-hybridized carbons (Fsp3) is 0.571. The van der Waals surface area contributed by atoms with Crippen LogP contribution >= 0.6 is 23.4 Å². The SMILES string of the molecule is CCCNCc1cccc(Cl)c1SC(C)(C)C. The van der Waals surface area contributed by atoms with Crippen LogP contribution in [0, 0.1) is 0 Å². The molecule has 0 heterocycles. The van der Waals surface area contributed by atoms with E-state index in [4.69, 9.17) is 11.6 Å². The Hall–Kier alpha value is -0.180. The molecule has 0 spiro atoms. The number of thioether (sulfide) groups is 1. The Kier molecular flexibility index (Phi) is 5.84. The highest BCUT2D eigenvalue weighted by molar-refractivity contribution is 8.00. The minimum atomic E-state index is 0.185. The van der Waals surface area contributed by atoms with Gasteiger partial charge in [0, 0.05) is 16.2 Å². The highest BCUT2D eigenvalue weighted by atomic mass is 35.5. The van der Waals surface area contributed by atoms with E-state index < -0.39 is 0 Å². The van der Waals surface area contributed by atoms with Crippen molar-refractivity contribution in [2.75, 3.05) is 6.54 Å². The van der Waals surface area contributed by atoms with E-state index in [1.54, 1.807) is 0 Å². The first-order chi connectivity index (χ1) is 7.94. The van der Waals surface area contributed by atoms with Gasteiger partial charge in [0.05, 0.1) is 5.02 Å². The molecule has 3 heteroatoms.